The lowest BCUT2D eigenvalue weighted by Gasteiger charge is -2.46. The molecule has 146 valence electrons. The molecule has 3 saturated heterocycles. The molecule has 26 heavy (non-hydrogen) atoms. The molecule has 3 aliphatic heterocycles. The van der Waals surface area contributed by atoms with Gasteiger partial charge in [0.25, 0.3) is 0 Å². The zero-order chi connectivity index (χ0) is 18.7. The Bertz CT molecular complexity index is 725. The summed E-state index contributed by atoms with van der Waals surface area (Å²) in [4.78, 5) is 29.1. The van der Waals surface area contributed by atoms with E-state index in [-0.39, 0.29) is 22.5 Å². The second-order valence-electron chi connectivity index (χ2n) is 8.52. The van der Waals surface area contributed by atoms with Crippen molar-refractivity contribution in [1.82, 2.24) is 14.1 Å². The van der Waals surface area contributed by atoms with E-state index in [1.165, 1.54) is 0 Å². The van der Waals surface area contributed by atoms with Gasteiger partial charge in [-0.1, -0.05) is 0 Å². The van der Waals surface area contributed by atoms with Gasteiger partial charge in [0.1, 0.15) is 0 Å². The first-order valence-electron chi connectivity index (χ1n) is 9.80. The predicted octanol–water partition coefficient (Wildman–Crippen LogP) is 0.662. The summed E-state index contributed by atoms with van der Waals surface area (Å²) in [5, 5.41) is -0.188. The molecule has 0 N–H and O–H groups in total. The number of piperidine rings is 1. The third kappa shape index (κ3) is 2.44. The normalized spacial score (nSPS) is 32.2. The van der Waals surface area contributed by atoms with Gasteiger partial charge in [-0.3, -0.25) is 9.59 Å². The van der Waals surface area contributed by atoms with E-state index >= 15 is 0 Å². The number of hydrogen-bond acceptors (Lipinski definition) is 4. The first-order valence-corrected chi connectivity index (χ1v) is 11.3. The average Bonchev–Trinajstić information content (AvgIpc) is 3.36. The Hall–Kier alpha value is -1.15. The lowest BCUT2D eigenvalue weighted by molar-refractivity contribution is -0.141. The highest BCUT2D eigenvalue weighted by atomic mass is 32.2. The van der Waals surface area contributed by atoms with Crippen molar-refractivity contribution in [2.45, 2.75) is 51.2 Å². The molecule has 0 aromatic rings. The zero-order valence-electron chi connectivity index (χ0n) is 15.7. The monoisotopic (exact) mass is 383 g/mol. The molecule has 1 aliphatic carbocycles. The SMILES string of the molecule is CCN1CC[C@]2(CN(C(C)=O)CC23CCN(S(=O)(=O)C2CC2)CC3)C1=O. The van der Waals surface area contributed by atoms with E-state index in [0.717, 1.165) is 25.8 Å². The van der Waals surface area contributed by atoms with Gasteiger partial charge in [0.05, 0.1) is 10.7 Å². The van der Waals surface area contributed by atoms with Gasteiger partial charge in [0.2, 0.25) is 21.8 Å². The number of carbonyl (C=O) groups excluding carboxylic acids is 2. The molecule has 2 spiro atoms. The van der Waals surface area contributed by atoms with Crippen molar-refractivity contribution >= 4 is 21.8 Å². The Labute approximate surface area is 155 Å². The standard InChI is InChI=1S/C18H29N3O4S/c1-3-19-9-8-18(16(19)23)13-20(14(2)22)12-17(18)6-10-21(11-7-17)26(24,25)15-4-5-15/h15H,3-13H2,1-2H3/t18-/m0/s1. The van der Waals surface area contributed by atoms with E-state index in [4.69, 9.17) is 0 Å². The van der Waals surface area contributed by atoms with Crippen LogP contribution in [0.3, 0.4) is 0 Å². The van der Waals surface area contributed by atoms with Crippen LogP contribution >= 0.6 is 0 Å². The summed E-state index contributed by atoms with van der Waals surface area (Å²) in [7, 11) is -3.17. The zero-order valence-corrected chi connectivity index (χ0v) is 16.6. The molecule has 4 fully saturated rings. The summed E-state index contributed by atoms with van der Waals surface area (Å²) in [6.07, 6.45) is 3.67. The van der Waals surface area contributed by atoms with Crippen LogP contribution in [0.1, 0.15) is 46.0 Å². The van der Waals surface area contributed by atoms with Crippen molar-refractivity contribution in [1.29, 1.82) is 0 Å². The van der Waals surface area contributed by atoms with Crippen molar-refractivity contribution in [3.8, 4) is 0 Å². The van der Waals surface area contributed by atoms with E-state index < -0.39 is 15.4 Å². The minimum atomic E-state index is -3.17. The van der Waals surface area contributed by atoms with Crippen molar-refractivity contribution in [2.24, 2.45) is 10.8 Å². The number of carbonyl (C=O) groups is 2. The van der Waals surface area contributed by atoms with Crippen LogP contribution in [0.15, 0.2) is 0 Å². The van der Waals surface area contributed by atoms with Gasteiger partial charge >= 0.3 is 0 Å². The molecule has 1 saturated carbocycles. The molecule has 1 atom stereocenters. The summed E-state index contributed by atoms with van der Waals surface area (Å²) in [6.45, 7) is 7.03. The highest BCUT2D eigenvalue weighted by molar-refractivity contribution is 7.90. The summed E-state index contributed by atoms with van der Waals surface area (Å²) in [6, 6.07) is 0. The minimum Gasteiger partial charge on any atom is -0.342 e. The lowest BCUT2D eigenvalue weighted by Crippen LogP contribution is -2.54. The molecule has 0 unspecified atom stereocenters. The van der Waals surface area contributed by atoms with Gasteiger partial charge in [-0.15, -0.1) is 0 Å². The molecule has 0 aromatic carbocycles. The fourth-order valence-electron chi connectivity index (χ4n) is 5.45. The van der Waals surface area contributed by atoms with Crippen LogP contribution in [-0.4, -0.2) is 78.9 Å². The molecule has 3 heterocycles. The first-order chi connectivity index (χ1) is 12.3. The van der Waals surface area contributed by atoms with Gasteiger partial charge in [0.15, 0.2) is 0 Å². The molecule has 0 bridgehead atoms. The lowest BCUT2D eigenvalue weighted by atomic mass is 9.60. The maximum Gasteiger partial charge on any atom is 0.231 e. The smallest absolute Gasteiger partial charge is 0.231 e. The third-order valence-electron chi connectivity index (χ3n) is 7.29. The number of likely N-dealkylation sites (tertiary alicyclic amines) is 2. The van der Waals surface area contributed by atoms with Crippen LogP contribution in [0, 0.1) is 10.8 Å². The largest absolute Gasteiger partial charge is 0.342 e. The number of nitrogens with zero attached hydrogens (tertiary/aromatic N) is 3. The number of rotatable bonds is 3. The number of amides is 2. The van der Waals surface area contributed by atoms with E-state index in [1.807, 2.05) is 16.7 Å². The average molecular weight is 384 g/mol. The van der Waals surface area contributed by atoms with E-state index in [2.05, 4.69) is 0 Å². The molecule has 2 amide bonds. The number of hydrogen-bond donors (Lipinski definition) is 0. The van der Waals surface area contributed by atoms with Crippen LogP contribution in [0.5, 0.6) is 0 Å². The Balaban J connectivity index is 1.61. The molecule has 4 aliphatic rings. The van der Waals surface area contributed by atoms with Gasteiger partial charge in [-0.25, -0.2) is 12.7 Å². The van der Waals surface area contributed by atoms with Crippen LogP contribution in [0.4, 0.5) is 0 Å². The number of sulfonamides is 1. The predicted molar refractivity (Wildman–Crippen MR) is 96.7 cm³/mol. The molecule has 4 rings (SSSR count). The van der Waals surface area contributed by atoms with Gasteiger partial charge in [-0.05, 0) is 39.0 Å². The quantitative estimate of drug-likeness (QED) is 0.717. The topological polar surface area (TPSA) is 78.0 Å². The fraction of sp³-hybridized carbons (Fsp3) is 0.889. The second-order valence-corrected chi connectivity index (χ2v) is 10.7. The van der Waals surface area contributed by atoms with Crippen LogP contribution in [-0.2, 0) is 19.6 Å². The summed E-state index contributed by atoms with van der Waals surface area (Å²) in [5.41, 5.74) is -0.806. The fourth-order valence-corrected chi connectivity index (χ4v) is 7.29. The second kappa shape index (κ2) is 5.92. The molecule has 8 heteroatoms. The molecular formula is C18H29N3O4S. The Morgan fingerprint density at radius 3 is 2.27 bits per heavy atom. The Morgan fingerprint density at radius 2 is 1.77 bits per heavy atom. The van der Waals surface area contributed by atoms with E-state index in [1.54, 1.807) is 11.2 Å². The Morgan fingerprint density at radius 1 is 1.12 bits per heavy atom. The highest BCUT2D eigenvalue weighted by Gasteiger charge is 2.65. The third-order valence-corrected chi connectivity index (χ3v) is 9.69. The summed E-state index contributed by atoms with van der Waals surface area (Å²) < 4.78 is 26.8. The highest BCUT2D eigenvalue weighted by Crippen LogP contribution is 2.58. The minimum absolute atomic E-state index is 0.0111. The van der Waals surface area contributed by atoms with Gasteiger partial charge in [0, 0.05) is 51.6 Å². The van der Waals surface area contributed by atoms with Crippen molar-refractivity contribution in [3.05, 3.63) is 0 Å². The van der Waals surface area contributed by atoms with Crippen LogP contribution in [0.25, 0.3) is 0 Å². The Kier molecular flexibility index (Phi) is 4.15. The maximum absolute atomic E-state index is 13.3. The number of fused-ring (bicyclic) bond motifs is 1. The van der Waals surface area contributed by atoms with Gasteiger partial charge < -0.3 is 9.80 Å². The first kappa shape index (κ1) is 18.2. The van der Waals surface area contributed by atoms with E-state index in [9.17, 15) is 18.0 Å². The van der Waals surface area contributed by atoms with Crippen molar-refractivity contribution in [2.75, 3.05) is 39.3 Å². The van der Waals surface area contributed by atoms with Crippen molar-refractivity contribution in [3.63, 3.8) is 0 Å². The van der Waals surface area contributed by atoms with Gasteiger partial charge in [-0.2, -0.15) is 0 Å². The summed E-state index contributed by atoms with van der Waals surface area (Å²) >= 11 is 0. The molecule has 0 aromatic heterocycles. The maximum atomic E-state index is 13.3. The van der Waals surface area contributed by atoms with Crippen LogP contribution < -0.4 is 0 Å². The van der Waals surface area contributed by atoms with Crippen LogP contribution in [0.2, 0.25) is 0 Å². The molecule has 7 nitrogen and oxygen atoms in total. The summed E-state index contributed by atoms with van der Waals surface area (Å²) in [5.74, 6) is 0.180. The molecule has 0 radical (unpaired) electrons. The molecular weight excluding hydrogens is 354 g/mol. The van der Waals surface area contributed by atoms with E-state index in [0.29, 0.717) is 45.6 Å². The van der Waals surface area contributed by atoms with Crippen molar-refractivity contribution < 1.29 is 18.0 Å².